The van der Waals surface area contributed by atoms with Gasteiger partial charge in [-0.25, -0.2) is 8.42 Å². The van der Waals surface area contributed by atoms with Gasteiger partial charge in [-0.15, -0.1) is 0 Å². The molecule has 42 heavy (non-hydrogen) atoms. The maximum Gasteiger partial charge on any atom is 0.243 e. The number of anilines is 1. The molecule has 3 aromatic rings. The first-order chi connectivity index (χ1) is 19.9. The number of carbonyl (C=O) groups is 2. The lowest BCUT2D eigenvalue weighted by atomic mass is 10.0. The highest BCUT2D eigenvalue weighted by molar-refractivity contribution is 7.92. The monoisotopic (exact) mass is 593 g/mol. The van der Waals surface area contributed by atoms with Crippen LogP contribution < -0.4 is 14.4 Å². The minimum atomic E-state index is -3.59. The zero-order valence-corrected chi connectivity index (χ0v) is 26.3. The Labute approximate surface area is 250 Å². The van der Waals surface area contributed by atoms with E-state index in [9.17, 15) is 18.0 Å². The summed E-state index contributed by atoms with van der Waals surface area (Å²) in [6.45, 7) is 7.90. The molecule has 0 aliphatic rings. The maximum atomic E-state index is 14.0. The third-order valence-electron chi connectivity index (χ3n) is 6.97. The predicted octanol–water partition coefficient (Wildman–Crippen LogP) is 5.02. The van der Waals surface area contributed by atoms with Gasteiger partial charge >= 0.3 is 0 Å². The first kappa shape index (κ1) is 32.7. The molecule has 0 spiro atoms. The summed E-state index contributed by atoms with van der Waals surface area (Å²) in [4.78, 5) is 29.1. The molecule has 9 heteroatoms. The van der Waals surface area contributed by atoms with Crippen LogP contribution in [0.15, 0.2) is 72.8 Å². The van der Waals surface area contributed by atoms with Crippen LogP contribution in [0, 0.1) is 13.8 Å². The number of nitrogens with zero attached hydrogens (tertiary/aromatic N) is 2. The number of aryl methyl sites for hydroxylation is 2. The highest BCUT2D eigenvalue weighted by atomic mass is 32.2. The second-order valence-electron chi connectivity index (χ2n) is 11.0. The summed E-state index contributed by atoms with van der Waals surface area (Å²) in [5.41, 5.74) is 4.15. The molecule has 3 rings (SSSR count). The molecule has 3 aromatic carbocycles. The second-order valence-corrected chi connectivity index (χ2v) is 12.9. The van der Waals surface area contributed by atoms with Crippen LogP contribution >= 0.6 is 0 Å². The molecule has 8 nitrogen and oxygen atoms in total. The number of hydrogen-bond donors (Lipinski definition) is 1. The van der Waals surface area contributed by atoms with Gasteiger partial charge in [-0.2, -0.15) is 0 Å². The molecule has 0 heterocycles. The molecule has 0 aliphatic heterocycles. The van der Waals surface area contributed by atoms with Gasteiger partial charge in [0.25, 0.3) is 0 Å². The number of rotatable bonds is 14. The molecular formula is C33H43N3O5S. The van der Waals surface area contributed by atoms with E-state index >= 15 is 0 Å². The van der Waals surface area contributed by atoms with E-state index in [1.807, 2.05) is 100 Å². The summed E-state index contributed by atoms with van der Waals surface area (Å²) < 4.78 is 32.3. The zero-order valence-electron chi connectivity index (χ0n) is 25.5. The molecule has 0 fully saturated rings. The fourth-order valence-corrected chi connectivity index (χ4v) is 5.89. The lowest BCUT2D eigenvalue weighted by molar-refractivity contribution is -0.141. The van der Waals surface area contributed by atoms with E-state index < -0.39 is 16.1 Å². The van der Waals surface area contributed by atoms with Gasteiger partial charge in [0, 0.05) is 32.0 Å². The minimum absolute atomic E-state index is 0.0705. The fraction of sp³-hybridized carbons (Fsp3) is 0.394. The van der Waals surface area contributed by atoms with Gasteiger partial charge in [0.2, 0.25) is 21.8 Å². The Balaban J connectivity index is 1.92. The van der Waals surface area contributed by atoms with Crippen LogP contribution in [0.25, 0.3) is 0 Å². The molecule has 0 saturated carbocycles. The Morgan fingerprint density at radius 3 is 2.26 bits per heavy atom. The van der Waals surface area contributed by atoms with Crippen molar-refractivity contribution in [2.24, 2.45) is 0 Å². The third-order valence-corrected chi connectivity index (χ3v) is 8.15. The van der Waals surface area contributed by atoms with Crippen LogP contribution in [0.5, 0.6) is 5.75 Å². The van der Waals surface area contributed by atoms with Gasteiger partial charge in [0.15, 0.2) is 0 Å². The molecule has 226 valence electrons. The quantitative estimate of drug-likeness (QED) is 0.283. The number of hydrogen-bond acceptors (Lipinski definition) is 5. The number of nitrogens with one attached hydrogen (secondary N) is 1. The van der Waals surface area contributed by atoms with E-state index in [0.29, 0.717) is 17.9 Å². The van der Waals surface area contributed by atoms with E-state index in [1.54, 1.807) is 12.0 Å². The van der Waals surface area contributed by atoms with E-state index in [4.69, 9.17) is 4.74 Å². The molecule has 0 radical (unpaired) electrons. The number of carbonyl (C=O) groups excluding carboxylic acids is 2. The summed E-state index contributed by atoms with van der Waals surface area (Å²) in [5.74, 6) is 0.189. The van der Waals surface area contributed by atoms with Gasteiger partial charge in [-0.1, -0.05) is 54.6 Å². The van der Waals surface area contributed by atoms with E-state index in [0.717, 1.165) is 22.3 Å². The molecule has 0 unspecified atom stereocenters. The van der Waals surface area contributed by atoms with Crippen molar-refractivity contribution in [2.45, 2.75) is 65.6 Å². The van der Waals surface area contributed by atoms with Crippen molar-refractivity contribution in [2.75, 3.05) is 24.2 Å². The normalized spacial score (nSPS) is 12.1. The number of benzene rings is 3. The lowest BCUT2D eigenvalue weighted by Crippen LogP contribution is -2.51. The summed E-state index contributed by atoms with van der Waals surface area (Å²) in [6.07, 6.45) is 1.88. The van der Waals surface area contributed by atoms with E-state index in [2.05, 4.69) is 5.32 Å². The van der Waals surface area contributed by atoms with Crippen molar-refractivity contribution >= 4 is 27.5 Å². The topological polar surface area (TPSA) is 96.0 Å². The molecule has 0 aliphatic carbocycles. The van der Waals surface area contributed by atoms with Gasteiger partial charge in [0.1, 0.15) is 11.8 Å². The number of sulfonamides is 1. The average molecular weight is 594 g/mol. The van der Waals surface area contributed by atoms with Crippen molar-refractivity contribution in [3.63, 3.8) is 0 Å². The van der Waals surface area contributed by atoms with Crippen LogP contribution in [0.1, 0.15) is 48.9 Å². The third kappa shape index (κ3) is 9.34. The smallest absolute Gasteiger partial charge is 0.243 e. The van der Waals surface area contributed by atoms with Crippen LogP contribution in [0.3, 0.4) is 0 Å². The average Bonchev–Trinajstić information content (AvgIpc) is 2.94. The summed E-state index contributed by atoms with van der Waals surface area (Å²) in [7, 11) is -2.00. The van der Waals surface area contributed by atoms with Crippen LogP contribution in [-0.2, 0) is 32.6 Å². The Morgan fingerprint density at radius 1 is 0.929 bits per heavy atom. The van der Waals surface area contributed by atoms with Crippen molar-refractivity contribution < 1.29 is 22.7 Å². The second kappa shape index (κ2) is 14.9. The number of ether oxygens (including phenoxy) is 1. The van der Waals surface area contributed by atoms with E-state index in [-0.39, 0.29) is 43.8 Å². The Bertz CT molecular complexity index is 1460. The van der Waals surface area contributed by atoms with Crippen molar-refractivity contribution in [1.82, 2.24) is 10.2 Å². The lowest BCUT2D eigenvalue weighted by Gasteiger charge is -2.32. The van der Waals surface area contributed by atoms with Gasteiger partial charge in [0.05, 0.1) is 19.1 Å². The predicted molar refractivity (Wildman–Crippen MR) is 168 cm³/mol. The summed E-state index contributed by atoms with van der Waals surface area (Å²) in [6, 6.07) is 21.9. The highest BCUT2D eigenvalue weighted by Gasteiger charge is 2.31. The maximum absolute atomic E-state index is 14.0. The standard InChI is InChI=1S/C33H43N3O5S/c1-24(2)34-33(38)31(22-27-12-8-7-9-13-27)35(23-28-14-10-15-29(21-28)41-5)32(37)16-11-19-36(42(6,39)40)30-20-25(3)17-18-26(30)4/h7-10,12-15,17-18,20-21,24,31H,11,16,19,22-23H2,1-6H3,(H,34,38)/t31-/m1/s1. The van der Waals surface area contributed by atoms with E-state index in [1.165, 1.54) is 10.6 Å². The van der Waals surface area contributed by atoms with Crippen molar-refractivity contribution in [3.8, 4) is 5.75 Å². The van der Waals surface area contributed by atoms with Crippen LogP contribution in [0.2, 0.25) is 0 Å². The Hall–Kier alpha value is -3.85. The van der Waals surface area contributed by atoms with Gasteiger partial charge in [-0.3, -0.25) is 13.9 Å². The fourth-order valence-electron chi connectivity index (χ4n) is 4.87. The molecule has 0 aromatic heterocycles. The molecular weight excluding hydrogens is 550 g/mol. The SMILES string of the molecule is COc1cccc(CN(C(=O)CCCN(c2cc(C)ccc2C)S(C)(=O)=O)[C@H](Cc2ccccc2)C(=O)NC(C)C)c1. The minimum Gasteiger partial charge on any atom is -0.497 e. The molecule has 1 atom stereocenters. The van der Waals surface area contributed by atoms with Crippen LogP contribution in [-0.4, -0.2) is 57.1 Å². The molecule has 0 bridgehead atoms. The van der Waals surface area contributed by atoms with Gasteiger partial charge < -0.3 is 15.0 Å². The zero-order chi connectivity index (χ0) is 30.9. The highest BCUT2D eigenvalue weighted by Crippen LogP contribution is 2.25. The van der Waals surface area contributed by atoms with Crippen LogP contribution in [0.4, 0.5) is 5.69 Å². The molecule has 1 N–H and O–H groups in total. The molecule has 0 saturated heterocycles. The molecule has 2 amide bonds. The first-order valence-corrected chi connectivity index (χ1v) is 16.1. The largest absolute Gasteiger partial charge is 0.497 e. The Morgan fingerprint density at radius 2 is 1.62 bits per heavy atom. The van der Waals surface area contributed by atoms with Crippen molar-refractivity contribution in [3.05, 3.63) is 95.1 Å². The number of amides is 2. The van der Waals surface area contributed by atoms with Crippen molar-refractivity contribution in [1.29, 1.82) is 0 Å². The Kier molecular flexibility index (Phi) is 11.6. The summed E-state index contributed by atoms with van der Waals surface area (Å²) in [5, 5.41) is 2.99. The number of methoxy groups -OCH3 is 1. The summed E-state index contributed by atoms with van der Waals surface area (Å²) >= 11 is 0. The van der Waals surface area contributed by atoms with Gasteiger partial charge in [-0.05, 0) is 74.6 Å². The first-order valence-electron chi connectivity index (χ1n) is 14.2.